The zero-order valence-corrected chi connectivity index (χ0v) is 30.7. The summed E-state index contributed by atoms with van der Waals surface area (Å²) in [4.78, 5) is 0. The van der Waals surface area contributed by atoms with Gasteiger partial charge in [0.05, 0.1) is 14.2 Å². The summed E-state index contributed by atoms with van der Waals surface area (Å²) < 4.78 is 122. The van der Waals surface area contributed by atoms with E-state index in [1.165, 1.54) is 75.6 Å². The van der Waals surface area contributed by atoms with Gasteiger partial charge in [0.15, 0.2) is 0 Å². The van der Waals surface area contributed by atoms with Crippen LogP contribution in [0, 0.1) is 0 Å². The molecule has 1 aliphatic carbocycles. The normalized spacial score (nSPS) is 15.9. The van der Waals surface area contributed by atoms with Gasteiger partial charge in [-0.25, -0.2) is 0 Å². The number of allylic oxidation sites excluding steroid dienone is 2. The quantitative estimate of drug-likeness (QED) is 0.0820. The summed E-state index contributed by atoms with van der Waals surface area (Å²) in [6, 6.07) is 21.7. The Hall–Kier alpha value is -5.38. The molecule has 286 valence electrons. The average Bonchev–Trinajstić information content (AvgIpc) is 3.78. The highest BCUT2D eigenvalue weighted by molar-refractivity contribution is 6.15. The fourth-order valence-electron chi connectivity index (χ4n) is 7.40. The van der Waals surface area contributed by atoms with Crippen LogP contribution in [0.4, 0.5) is 26.3 Å². The molecule has 55 heavy (non-hydrogen) atoms. The number of halogens is 6. The van der Waals surface area contributed by atoms with Crippen molar-refractivity contribution < 1.29 is 44.7 Å². The molecular weight excluding hydrogens is 718 g/mol. The molecule has 0 unspecified atom stereocenters. The zero-order valence-electron chi connectivity index (χ0n) is 30.7. The molecule has 6 aromatic rings. The number of methoxy groups -OCH3 is 2. The number of furan rings is 2. The molecule has 0 bridgehead atoms. The second-order valence-electron chi connectivity index (χ2n) is 13.9. The van der Waals surface area contributed by atoms with Crippen molar-refractivity contribution in [2.24, 2.45) is 0 Å². The molecule has 1 aliphatic rings. The maximum atomic E-state index is 16.8. The van der Waals surface area contributed by atoms with E-state index in [1.807, 2.05) is 12.1 Å². The number of hydrogen-bond donors (Lipinski definition) is 0. The van der Waals surface area contributed by atoms with Gasteiger partial charge in [0.2, 0.25) is 0 Å². The van der Waals surface area contributed by atoms with Crippen molar-refractivity contribution in [3.63, 3.8) is 0 Å². The number of benzene rings is 4. The molecule has 2 heterocycles. The van der Waals surface area contributed by atoms with Gasteiger partial charge in [-0.15, -0.1) is 0 Å². The van der Waals surface area contributed by atoms with Crippen molar-refractivity contribution in [3.05, 3.63) is 114 Å². The van der Waals surface area contributed by atoms with Crippen LogP contribution in [0.5, 0.6) is 11.5 Å². The summed E-state index contributed by atoms with van der Waals surface area (Å²) in [5, 5.41) is -0.220. The zero-order chi connectivity index (χ0) is 39.1. The summed E-state index contributed by atoms with van der Waals surface area (Å²) in [6.45, 7) is 5.89. The summed E-state index contributed by atoms with van der Waals surface area (Å²) in [5.74, 6) is -16.9. The Bertz CT molecular complexity index is 2380. The first kappa shape index (κ1) is 37.9. The van der Waals surface area contributed by atoms with Gasteiger partial charge in [0.25, 0.3) is 0 Å². The SMILES string of the molecule is C=Cc1ccc(-c2oc3ccc(OC)cc3c2C2=C(c3c(-c4ccc(CCCCCCCC)cc4)oc4ccc(OC)cc34)C(F)(F)C(F)(F)C2(F)F)cc1. The van der Waals surface area contributed by atoms with Crippen LogP contribution in [0.3, 0.4) is 0 Å². The maximum absolute atomic E-state index is 16.8. The van der Waals surface area contributed by atoms with E-state index in [4.69, 9.17) is 18.3 Å². The minimum atomic E-state index is -5.86. The average molecular weight is 759 g/mol. The second-order valence-corrected chi connectivity index (χ2v) is 13.9. The van der Waals surface area contributed by atoms with Crippen molar-refractivity contribution in [2.45, 2.75) is 69.6 Å². The van der Waals surface area contributed by atoms with Gasteiger partial charge in [-0.3, -0.25) is 0 Å². The number of ether oxygens (including phenoxy) is 2. The molecule has 0 saturated carbocycles. The lowest BCUT2D eigenvalue weighted by molar-refractivity contribution is -0.254. The van der Waals surface area contributed by atoms with Gasteiger partial charge in [-0.1, -0.05) is 100 Å². The van der Waals surface area contributed by atoms with Gasteiger partial charge < -0.3 is 18.3 Å². The Labute approximate surface area is 315 Å². The lowest BCUT2D eigenvalue weighted by Gasteiger charge is -2.26. The number of unbranched alkanes of at least 4 members (excludes halogenated alkanes) is 5. The predicted molar refractivity (Wildman–Crippen MR) is 205 cm³/mol. The molecule has 4 aromatic carbocycles. The van der Waals surface area contributed by atoms with E-state index in [9.17, 15) is 0 Å². The highest BCUT2D eigenvalue weighted by Gasteiger charge is 2.81. The summed E-state index contributed by atoms with van der Waals surface area (Å²) in [6.07, 6.45) is 8.97. The first-order valence-corrected chi connectivity index (χ1v) is 18.3. The van der Waals surface area contributed by atoms with E-state index in [2.05, 4.69) is 13.5 Å². The Morgan fingerprint density at radius 3 is 1.51 bits per heavy atom. The van der Waals surface area contributed by atoms with Crippen molar-refractivity contribution >= 4 is 39.2 Å². The van der Waals surface area contributed by atoms with Crippen molar-refractivity contribution in [3.8, 4) is 34.1 Å². The summed E-state index contributed by atoms with van der Waals surface area (Å²) in [7, 11) is 2.68. The Morgan fingerprint density at radius 2 is 1.05 bits per heavy atom. The minimum absolute atomic E-state index is 0.000299. The van der Waals surface area contributed by atoms with E-state index in [0.29, 0.717) is 5.56 Å². The Balaban J connectivity index is 1.52. The molecule has 0 saturated heterocycles. The van der Waals surface area contributed by atoms with Crippen molar-refractivity contribution in [1.82, 2.24) is 0 Å². The number of rotatable bonds is 14. The first-order valence-electron chi connectivity index (χ1n) is 18.3. The largest absolute Gasteiger partial charge is 0.497 e. The van der Waals surface area contributed by atoms with E-state index >= 15 is 26.3 Å². The topological polar surface area (TPSA) is 44.7 Å². The molecule has 0 amide bonds. The number of aryl methyl sites for hydroxylation is 1. The maximum Gasteiger partial charge on any atom is 0.380 e. The van der Waals surface area contributed by atoms with E-state index in [0.717, 1.165) is 37.7 Å². The molecule has 0 spiro atoms. The first-order chi connectivity index (χ1) is 26.4. The van der Waals surface area contributed by atoms with Crippen LogP contribution in [-0.2, 0) is 6.42 Å². The second kappa shape index (κ2) is 14.7. The molecule has 0 N–H and O–H groups in total. The molecular formula is C45H40F6O4. The fraction of sp³-hybridized carbons (Fsp3) is 0.289. The van der Waals surface area contributed by atoms with Gasteiger partial charge in [-0.05, 0) is 60.4 Å². The third kappa shape index (κ3) is 6.39. The molecule has 4 nitrogen and oxygen atoms in total. The lowest BCUT2D eigenvalue weighted by Crippen LogP contribution is -2.48. The van der Waals surface area contributed by atoms with Crippen molar-refractivity contribution in [2.75, 3.05) is 14.2 Å². The van der Waals surface area contributed by atoms with Gasteiger partial charge in [0.1, 0.15) is 34.2 Å². The molecule has 0 radical (unpaired) electrons. The number of alkyl halides is 6. The van der Waals surface area contributed by atoms with E-state index in [-0.39, 0.29) is 56.1 Å². The molecule has 0 aliphatic heterocycles. The van der Waals surface area contributed by atoms with Crippen LogP contribution < -0.4 is 9.47 Å². The molecule has 10 heteroatoms. The summed E-state index contributed by atoms with van der Waals surface area (Å²) >= 11 is 0. The summed E-state index contributed by atoms with van der Waals surface area (Å²) in [5.41, 5.74) is -2.26. The highest BCUT2D eigenvalue weighted by atomic mass is 19.3. The smallest absolute Gasteiger partial charge is 0.380 e. The van der Waals surface area contributed by atoms with Crippen molar-refractivity contribution in [1.29, 1.82) is 0 Å². The highest BCUT2D eigenvalue weighted by Crippen LogP contribution is 2.67. The van der Waals surface area contributed by atoms with Crippen LogP contribution in [-0.4, -0.2) is 32.0 Å². The standard InChI is InChI=1S/C45H40F6O4/c1-5-7-8-9-10-11-12-28-15-19-30(20-16-28)42-38(34-26-32(53-4)22-24-36(34)55-42)40-39(43(46,47)45(50,51)44(40,48)49)37-33-25-31(52-3)21-23-35(33)54-41(37)29-17-13-27(6-2)14-18-29/h6,13-26H,2,5,7-12H2,1,3-4H3. The van der Waals surface area contributed by atoms with E-state index in [1.54, 1.807) is 30.3 Å². The number of hydrogen-bond acceptors (Lipinski definition) is 4. The fourth-order valence-corrected chi connectivity index (χ4v) is 7.40. The molecule has 0 atom stereocenters. The van der Waals surface area contributed by atoms with Gasteiger partial charge in [-0.2, -0.15) is 26.3 Å². The monoisotopic (exact) mass is 758 g/mol. The van der Waals surface area contributed by atoms with Gasteiger partial charge >= 0.3 is 17.8 Å². The van der Waals surface area contributed by atoms with Crippen LogP contribution in [0.25, 0.3) is 61.8 Å². The predicted octanol–water partition coefficient (Wildman–Crippen LogP) is 13.9. The Kier molecular flexibility index (Phi) is 10.1. The van der Waals surface area contributed by atoms with E-state index < -0.39 is 40.0 Å². The van der Waals surface area contributed by atoms with Crippen LogP contribution in [0.15, 0.2) is 100 Å². The third-order valence-electron chi connectivity index (χ3n) is 10.4. The number of fused-ring (bicyclic) bond motifs is 2. The molecule has 7 rings (SSSR count). The van der Waals surface area contributed by atoms with Crippen LogP contribution in [0.1, 0.15) is 67.7 Å². The minimum Gasteiger partial charge on any atom is -0.497 e. The third-order valence-corrected chi connectivity index (χ3v) is 10.4. The van der Waals surface area contributed by atoms with Crippen LogP contribution in [0.2, 0.25) is 0 Å². The lowest BCUT2D eigenvalue weighted by atomic mass is 9.89. The molecule has 0 fully saturated rings. The van der Waals surface area contributed by atoms with Gasteiger partial charge in [0, 0.05) is 44.2 Å². The van der Waals surface area contributed by atoms with Crippen LogP contribution >= 0.6 is 0 Å². The Morgan fingerprint density at radius 1 is 0.600 bits per heavy atom. The molecule has 2 aromatic heterocycles.